The van der Waals surface area contributed by atoms with Crippen molar-refractivity contribution in [1.82, 2.24) is 0 Å². The Hall–Kier alpha value is -1.81. The van der Waals surface area contributed by atoms with Crippen LogP contribution in [-0.2, 0) is 22.4 Å². The zero-order chi connectivity index (χ0) is 17.4. The predicted molar refractivity (Wildman–Crippen MR) is 99.8 cm³/mol. The third-order valence-corrected chi connectivity index (χ3v) is 4.76. The first-order valence-corrected chi connectivity index (χ1v) is 9.06. The number of benzene rings is 2. The van der Waals surface area contributed by atoms with Crippen LogP contribution in [0.4, 0.5) is 0 Å². The van der Waals surface area contributed by atoms with E-state index in [2.05, 4.69) is 34.1 Å². The lowest BCUT2D eigenvalue weighted by molar-refractivity contribution is -0.142. The fourth-order valence-electron chi connectivity index (χ4n) is 2.65. The summed E-state index contributed by atoms with van der Waals surface area (Å²) in [6.07, 6.45) is 2.19. The number of ether oxygens (including phenoxy) is 2. The molecule has 0 aliphatic carbocycles. The van der Waals surface area contributed by atoms with Crippen LogP contribution in [0.3, 0.4) is 0 Å². The number of methoxy groups -OCH3 is 1. The Morgan fingerprint density at radius 3 is 2.62 bits per heavy atom. The van der Waals surface area contributed by atoms with Crippen LogP contribution in [-0.4, -0.2) is 19.7 Å². The molecule has 3 nitrogen and oxygen atoms in total. The first-order valence-electron chi connectivity index (χ1n) is 8.14. The lowest BCUT2D eigenvalue weighted by atomic mass is 10.0. The van der Waals surface area contributed by atoms with Crippen molar-refractivity contribution < 1.29 is 14.3 Å². The van der Waals surface area contributed by atoms with Gasteiger partial charge < -0.3 is 9.47 Å². The molecule has 0 aromatic heterocycles. The normalized spacial score (nSPS) is 11.8. The summed E-state index contributed by atoms with van der Waals surface area (Å²) in [7, 11) is 1.69. The molecule has 0 amide bonds. The molecule has 0 heterocycles. The van der Waals surface area contributed by atoms with E-state index in [1.54, 1.807) is 7.11 Å². The van der Waals surface area contributed by atoms with Crippen molar-refractivity contribution in [2.45, 2.75) is 31.0 Å². The standard InChI is InChI=1S/C20H23BrO3/c1-3-24-20(22)14-16-8-6-7-15(13-16)11-12-18(21)17-9-4-5-10-19(17)23-2/h4-10,13,18H,3,11-12,14H2,1-2H3. The minimum absolute atomic E-state index is 0.179. The highest BCUT2D eigenvalue weighted by Crippen LogP contribution is 2.34. The van der Waals surface area contributed by atoms with E-state index in [4.69, 9.17) is 9.47 Å². The van der Waals surface area contributed by atoms with Gasteiger partial charge in [0.25, 0.3) is 0 Å². The minimum atomic E-state index is -0.179. The van der Waals surface area contributed by atoms with Crippen molar-refractivity contribution in [3.05, 3.63) is 65.2 Å². The van der Waals surface area contributed by atoms with Crippen LogP contribution in [0.25, 0.3) is 0 Å². The van der Waals surface area contributed by atoms with Crippen LogP contribution >= 0.6 is 15.9 Å². The summed E-state index contributed by atoms with van der Waals surface area (Å²) < 4.78 is 10.4. The third kappa shape index (κ3) is 5.38. The Balaban J connectivity index is 1.97. The van der Waals surface area contributed by atoms with Gasteiger partial charge in [0.05, 0.1) is 20.1 Å². The van der Waals surface area contributed by atoms with Gasteiger partial charge >= 0.3 is 5.97 Å². The van der Waals surface area contributed by atoms with E-state index in [9.17, 15) is 4.79 Å². The van der Waals surface area contributed by atoms with E-state index in [0.29, 0.717) is 13.0 Å². The number of aryl methyl sites for hydroxylation is 1. The molecule has 1 atom stereocenters. The molecule has 0 radical (unpaired) electrons. The SMILES string of the molecule is CCOC(=O)Cc1cccc(CCC(Br)c2ccccc2OC)c1. The molecule has 0 N–H and O–H groups in total. The van der Waals surface area contributed by atoms with Gasteiger partial charge in [-0.25, -0.2) is 0 Å². The topological polar surface area (TPSA) is 35.5 Å². The lowest BCUT2D eigenvalue weighted by Gasteiger charge is -2.14. The van der Waals surface area contributed by atoms with Gasteiger partial charge in [0.1, 0.15) is 5.75 Å². The number of esters is 1. The third-order valence-electron chi connectivity index (χ3n) is 3.81. The molecule has 2 aromatic rings. The van der Waals surface area contributed by atoms with E-state index >= 15 is 0 Å². The maximum atomic E-state index is 11.6. The predicted octanol–water partition coefficient (Wildman–Crippen LogP) is 4.87. The van der Waals surface area contributed by atoms with E-state index in [0.717, 1.165) is 29.7 Å². The molecule has 0 saturated heterocycles. The highest BCUT2D eigenvalue weighted by atomic mass is 79.9. The number of carbonyl (C=O) groups excluding carboxylic acids is 1. The summed E-state index contributed by atoms with van der Waals surface area (Å²) in [5.41, 5.74) is 3.37. The number of carbonyl (C=O) groups is 1. The number of halogens is 1. The van der Waals surface area contributed by atoms with Crippen molar-refractivity contribution in [3.8, 4) is 5.75 Å². The molecule has 24 heavy (non-hydrogen) atoms. The average molecular weight is 391 g/mol. The average Bonchev–Trinajstić information content (AvgIpc) is 2.60. The van der Waals surface area contributed by atoms with Gasteiger partial charge in [0.15, 0.2) is 0 Å². The van der Waals surface area contributed by atoms with E-state index in [1.165, 1.54) is 5.56 Å². The van der Waals surface area contributed by atoms with Crippen LogP contribution < -0.4 is 4.74 Å². The van der Waals surface area contributed by atoms with Crippen LogP contribution in [0.2, 0.25) is 0 Å². The van der Waals surface area contributed by atoms with Crippen molar-refractivity contribution in [2.75, 3.05) is 13.7 Å². The molecule has 128 valence electrons. The summed E-state index contributed by atoms with van der Waals surface area (Å²) >= 11 is 3.76. The van der Waals surface area contributed by atoms with Crippen molar-refractivity contribution in [3.63, 3.8) is 0 Å². The Labute approximate surface area is 152 Å². The van der Waals surface area contributed by atoms with E-state index in [-0.39, 0.29) is 10.8 Å². The monoisotopic (exact) mass is 390 g/mol. The molecule has 2 rings (SSSR count). The van der Waals surface area contributed by atoms with Crippen molar-refractivity contribution >= 4 is 21.9 Å². The molecule has 0 aliphatic rings. The minimum Gasteiger partial charge on any atom is -0.496 e. The molecular weight excluding hydrogens is 368 g/mol. The number of hydrogen-bond donors (Lipinski definition) is 0. The second kappa shape index (κ2) is 9.48. The molecular formula is C20H23BrO3. The highest BCUT2D eigenvalue weighted by Gasteiger charge is 2.13. The Morgan fingerprint density at radius 1 is 1.12 bits per heavy atom. The fourth-order valence-corrected chi connectivity index (χ4v) is 3.26. The van der Waals surface area contributed by atoms with Gasteiger partial charge in [-0.3, -0.25) is 4.79 Å². The maximum absolute atomic E-state index is 11.6. The van der Waals surface area contributed by atoms with Crippen LogP contribution in [0.1, 0.15) is 34.9 Å². The first-order chi connectivity index (χ1) is 11.6. The van der Waals surface area contributed by atoms with E-state index in [1.807, 2.05) is 37.3 Å². The second-order valence-electron chi connectivity index (χ2n) is 5.55. The summed E-state index contributed by atoms with van der Waals surface area (Å²) in [5, 5.41) is 0. The summed E-state index contributed by atoms with van der Waals surface area (Å²) in [5.74, 6) is 0.720. The molecule has 0 fully saturated rings. The summed E-state index contributed by atoms with van der Waals surface area (Å²) in [6.45, 7) is 2.24. The number of rotatable bonds is 8. The molecule has 0 spiro atoms. The molecule has 0 bridgehead atoms. The number of para-hydroxylation sites is 1. The Morgan fingerprint density at radius 2 is 1.88 bits per heavy atom. The van der Waals surface area contributed by atoms with Crippen LogP contribution in [0.5, 0.6) is 5.75 Å². The molecule has 0 saturated carbocycles. The van der Waals surface area contributed by atoms with Gasteiger partial charge in [0, 0.05) is 10.4 Å². The number of hydrogen-bond acceptors (Lipinski definition) is 3. The van der Waals surface area contributed by atoms with Crippen LogP contribution in [0, 0.1) is 0 Å². The highest BCUT2D eigenvalue weighted by molar-refractivity contribution is 9.09. The van der Waals surface area contributed by atoms with Gasteiger partial charge in [-0.1, -0.05) is 58.4 Å². The van der Waals surface area contributed by atoms with Crippen molar-refractivity contribution in [1.29, 1.82) is 0 Å². The zero-order valence-electron chi connectivity index (χ0n) is 14.1. The van der Waals surface area contributed by atoms with Gasteiger partial charge in [-0.15, -0.1) is 0 Å². The van der Waals surface area contributed by atoms with E-state index < -0.39 is 0 Å². The summed E-state index contributed by atoms with van der Waals surface area (Å²) in [6, 6.07) is 16.2. The maximum Gasteiger partial charge on any atom is 0.310 e. The van der Waals surface area contributed by atoms with Gasteiger partial charge in [-0.05, 0) is 37.0 Å². The van der Waals surface area contributed by atoms with Crippen molar-refractivity contribution in [2.24, 2.45) is 0 Å². The first kappa shape index (κ1) is 18.5. The zero-order valence-corrected chi connectivity index (χ0v) is 15.7. The Bertz CT molecular complexity index is 669. The largest absolute Gasteiger partial charge is 0.496 e. The number of alkyl halides is 1. The lowest BCUT2D eigenvalue weighted by Crippen LogP contribution is -2.07. The second-order valence-corrected chi connectivity index (χ2v) is 6.66. The molecule has 0 aliphatic heterocycles. The molecule has 4 heteroatoms. The Kier molecular flexibility index (Phi) is 7.32. The molecule has 2 aromatic carbocycles. The quantitative estimate of drug-likeness (QED) is 0.476. The fraction of sp³-hybridized carbons (Fsp3) is 0.350. The van der Waals surface area contributed by atoms with Gasteiger partial charge in [0.2, 0.25) is 0 Å². The summed E-state index contributed by atoms with van der Waals surface area (Å²) in [4.78, 5) is 11.8. The van der Waals surface area contributed by atoms with Gasteiger partial charge in [-0.2, -0.15) is 0 Å². The molecule has 1 unspecified atom stereocenters. The smallest absolute Gasteiger partial charge is 0.310 e. The van der Waals surface area contributed by atoms with Crippen LogP contribution in [0.15, 0.2) is 48.5 Å².